The molecule has 0 aliphatic carbocycles. The van der Waals surface area contributed by atoms with Gasteiger partial charge in [-0.05, 0) is 18.9 Å². The van der Waals surface area contributed by atoms with E-state index in [0.717, 1.165) is 37.2 Å². The van der Waals surface area contributed by atoms with E-state index in [1.54, 1.807) is 12.0 Å². The zero-order chi connectivity index (χ0) is 16.7. The van der Waals surface area contributed by atoms with Crippen molar-refractivity contribution < 1.29 is 14.3 Å². The molecule has 1 aliphatic heterocycles. The minimum Gasteiger partial charge on any atom is -0.496 e. The summed E-state index contributed by atoms with van der Waals surface area (Å²) in [4.78, 5) is 27.9. The Morgan fingerprint density at radius 3 is 2.39 bits per heavy atom. The maximum Gasteiger partial charge on any atom is 0.242 e. The van der Waals surface area contributed by atoms with Crippen molar-refractivity contribution in [1.82, 2.24) is 9.80 Å². The molecular formula is C18H26N2O3. The highest BCUT2D eigenvalue weighted by Gasteiger charge is 2.21. The molecule has 1 saturated heterocycles. The Morgan fingerprint density at radius 2 is 1.78 bits per heavy atom. The second kappa shape index (κ2) is 8.56. The minimum absolute atomic E-state index is 0.0389. The summed E-state index contributed by atoms with van der Waals surface area (Å²) in [5, 5.41) is 0. The molecule has 0 atom stereocenters. The van der Waals surface area contributed by atoms with Gasteiger partial charge in [-0.2, -0.15) is 0 Å². The van der Waals surface area contributed by atoms with Crippen LogP contribution >= 0.6 is 0 Å². The van der Waals surface area contributed by atoms with Gasteiger partial charge in [0.25, 0.3) is 0 Å². The van der Waals surface area contributed by atoms with Crippen molar-refractivity contribution in [2.24, 2.45) is 0 Å². The summed E-state index contributed by atoms with van der Waals surface area (Å²) in [6.07, 6.45) is 4.47. The molecule has 1 heterocycles. The molecule has 126 valence electrons. The van der Waals surface area contributed by atoms with Gasteiger partial charge < -0.3 is 14.5 Å². The highest BCUT2D eigenvalue weighted by molar-refractivity contribution is 5.83. The molecule has 0 bridgehead atoms. The predicted molar refractivity (Wildman–Crippen MR) is 89.1 cm³/mol. The van der Waals surface area contributed by atoms with E-state index in [1.807, 2.05) is 29.2 Å². The molecular weight excluding hydrogens is 292 g/mol. The molecule has 2 rings (SSSR count). The number of methoxy groups -OCH3 is 1. The number of rotatable bonds is 5. The van der Waals surface area contributed by atoms with Gasteiger partial charge in [-0.3, -0.25) is 9.59 Å². The summed E-state index contributed by atoms with van der Waals surface area (Å²) in [5.74, 6) is 0.678. The van der Waals surface area contributed by atoms with E-state index >= 15 is 0 Å². The van der Waals surface area contributed by atoms with Gasteiger partial charge in [0.05, 0.1) is 7.11 Å². The lowest BCUT2D eigenvalue weighted by Crippen LogP contribution is -2.42. The second-order valence-corrected chi connectivity index (χ2v) is 5.98. The summed E-state index contributed by atoms with van der Waals surface area (Å²) in [6.45, 7) is 3.63. The molecule has 1 aliphatic rings. The third-order valence-corrected chi connectivity index (χ3v) is 4.28. The van der Waals surface area contributed by atoms with Crippen LogP contribution in [0, 0.1) is 0 Å². The van der Waals surface area contributed by atoms with E-state index in [0.29, 0.717) is 6.54 Å². The molecule has 5 nitrogen and oxygen atoms in total. The van der Waals surface area contributed by atoms with Gasteiger partial charge in [-0.15, -0.1) is 0 Å². The van der Waals surface area contributed by atoms with Crippen molar-refractivity contribution in [2.45, 2.75) is 39.2 Å². The van der Waals surface area contributed by atoms with Crippen LogP contribution in [0.2, 0.25) is 0 Å². The van der Waals surface area contributed by atoms with E-state index in [9.17, 15) is 9.59 Å². The number of benzene rings is 1. The Labute approximate surface area is 138 Å². The van der Waals surface area contributed by atoms with Gasteiger partial charge in [0, 0.05) is 32.1 Å². The number of carbonyl (C=O) groups is 2. The number of likely N-dealkylation sites (tertiary alicyclic amines) is 1. The fourth-order valence-corrected chi connectivity index (χ4v) is 2.90. The number of nitrogens with zero attached hydrogens (tertiary/aromatic N) is 2. The smallest absolute Gasteiger partial charge is 0.242 e. The van der Waals surface area contributed by atoms with Crippen LogP contribution in [0.3, 0.4) is 0 Å². The largest absolute Gasteiger partial charge is 0.496 e. The topological polar surface area (TPSA) is 49.9 Å². The molecule has 1 aromatic rings. The Hall–Kier alpha value is -2.04. The number of para-hydroxylation sites is 1. The van der Waals surface area contributed by atoms with Crippen molar-refractivity contribution in [3.63, 3.8) is 0 Å². The van der Waals surface area contributed by atoms with Gasteiger partial charge >= 0.3 is 0 Å². The molecule has 1 aromatic carbocycles. The zero-order valence-electron chi connectivity index (χ0n) is 14.1. The Kier molecular flexibility index (Phi) is 6.44. The molecule has 2 amide bonds. The average molecular weight is 318 g/mol. The van der Waals surface area contributed by atoms with Gasteiger partial charge in [-0.25, -0.2) is 0 Å². The quantitative estimate of drug-likeness (QED) is 0.838. The molecule has 1 fully saturated rings. The van der Waals surface area contributed by atoms with Gasteiger partial charge in [0.2, 0.25) is 11.8 Å². The normalized spacial score (nSPS) is 15.0. The van der Waals surface area contributed by atoms with E-state index in [2.05, 4.69) is 0 Å². The molecule has 23 heavy (non-hydrogen) atoms. The predicted octanol–water partition coefficient (Wildman–Crippen LogP) is 2.45. The number of hydrogen-bond donors (Lipinski definition) is 0. The Bertz CT molecular complexity index is 537. The standard InChI is InChI=1S/C18H26N2O3/c1-15(21)20(13-16-9-5-6-10-17(16)23-2)14-18(22)19-11-7-3-4-8-12-19/h5-6,9-10H,3-4,7-8,11-14H2,1-2H3. The summed E-state index contributed by atoms with van der Waals surface area (Å²) < 4.78 is 5.33. The Morgan fingerprint density at radius 1 is 1.13 bits per heavy atom. The third-order valence-electron chi connectivity index (χ3n) is 4.28. The van der Waals surface area contributed by atoms with Crippen LogP contribution in [0.25, 0.3) is 0 Å². The summed E-state index contributed by atoms with van der Waals surface area (Å²) in [7, 11) is 1.61. The average Bonchev–Trinajstić information content (AvgIpc) is 2.83. The molecule has 0 unspecified atom stereocenters. The highest BCUT2D eigenvalue weighted by atomic mass is 16.5. The van der Waals surface area contributed by atoms with Crippen molar-refractivity contribution in [1.29, 1.82) is 0 Å². The lowest BCUT2D eigenvalue weighted by Gasteiger charge is -2.26. The van der Waals surface area contributed by atoms with Crippen molar-refractivity contribution in [3.05, 3.63) is 29.8 Å². The molecule has 0 aromatic heterocycles. The van der Waals surface area contributed by atoms with Crippen LogP contribution in [0.1, 0.15) is 38.2 Å². The van der Waals surface area contributed by atoms with Gasteiger partial charge in [-0.1, -0.05) is 31.0 Å². The first kappa shape index (κ1) is 17.3. The first-order valence-electron chi connectivity index (χ1n) is 8.27. The summed E-state index contributed by atoms with van der Waals surface area (Å²) in [6, 6.07) is 7.59. The second-order valence-electron chi connectivity index (χ2n) is 5.98. The minimum atomic E-state index is -0.0981. The lowest BCUT2D eigenvalue weighted by atomic mass is 10.2. The lowest BCUT2D eigenvalue weighted by molar-refractivity contribution is -0.139. The molecule has 5 heteroatoms. The molecule has 0 radical (unpaired) electrons. The van der Waals surface area contributed by atoms with E-state index < -0.39 is 0 Å². The maximum atomic E-state index is 12.5. The zero-order valence-corrected chi connectivity index (χ0v) is 14.1. The fourth-order valence-electron chi connectivity index (χ4n) is 2.90. The first-order chi connectivity index (χ1) is 11.1. The van der Waals surface area contributed by atoms with Gasteiger partial charge in [0.15, 0.2) is 0 Å². The summed E-state index contributed by atoms with van der Waals surface area (Å²) in [5.41, 5.74) is 0.911. The molecule has 0 saturated carbocycles. The Balaban J connectivity index is 2.03. The third kappa shape index (κ3) is 4.98. The summed E-state index contributed by atoms with van der Waals surface area (Å²) >= 11 is 0. The number of ether oxygens (including phenoxy) is 1. The highest BCUT2D eigenvalue weighted by Crippen LogP contribution is 2.19. The van der Waals surface area contributed by atoms with Crippen LogP contribution in [0.5, 0.6) is 5.75 Å². The van der Waals surface area contributed by atoms with Crippen LogP contribution in [-0.2, 0) is 16.1 Å². The van der Waals surface area contributed by atoms with Crippen LogP contribution in [0.4, 0.5) is 0 Å². The monoisotopic (exact) mass is 318 g/mol. The van der Waals surface area contributed by atoms with E-state index in [4.69, 9.17) is 4.74 Å². The van der Waals surface area contributed by atoms with Crippen molar-refractivity contribution in [3.8, 4) is 5.75 Å². The molecule has 0 N–H and O–H groups in total. The van der Waals surface area contributed by atoms with E-state index in [-0.39, 0.29) is 18.4 Å². The SMILES string of the molecule is COc1ccccc1CN(CC(=O)N1CCCCCC1)C(C)=O. The number of amides is 2. The van der Waals surface area contributed by atoms with Crippen molar-refractivity contribution >= 4 is 11.8 Å². The van der Waals surface area contributed by atoms with Crippen molar-refractivity contribution in [2.75, 3.05) is 26.7 Å². The van der Waals surface area contributed by atoms with Crippen LogP contribution in [-0.4, -0.2) is 48.4 Å². The van der Waals surface area contributed by atoms with Crippen LogP contribution < -0.4 is 4.74 Å². The molecule has 0 spiro atoms. The first-order valence-corrected chi connectivity index (χ1v) is 8.27. The van der Waals surface area contributed by atoms with Gasteiger partial charge in [0.1, 0.15) is 12.3 Å². The van der Waals surface area contributed by atoms with E-state index in [1.165, 1.54) is 19.8 Å². The fraction of sp³-hybridized carbons (Fsp3) is 0.556. The van der Waals surface area contributed by atoms with Crippen LogP contribution in [0.15, 0.2) is 24.3 Å². The number of hydrogen-bond acceptors (Lipinski definition) is 3. The number of carbonyl (C=O) groups excluding carboxylic acids is 2. The maximum absolute atomic E-state index is 12.5.